The minimum Gasteiger partial charge on any atom is -0.330 e. The molecular formula is C8H21N3O2S. The van der Waals surface area contributed by atoms with Crippen molar-refractivity contribution in [3.63, 3.8) is 0 Å². The lowest BCUT2D eigenvalue weighted by Crippen LogP contribution is -2.43. The van der Waals surface area contributed by atoms with E-state index in [4.69, 9.17) is 5.73 Å². The maximum Gasteiger partial charge on any atom is 0.276 e. The summed E-state index contributed by atoms with van der Waals surface area (Å²) in [7, 11) is -3.34. The molecule has 0 saturated heterocycles. The quantitative estimate of drug-likeness (QED) is 0.559. The van der Waals surface area contributed by atoms with Crippen LogP contribution in [0.1, 0.15) is 27.2 Å². The third-order valence-corrected chi connectivity index (χ3v) is 2.94. The zero-order valence-electron chi connectivity index (χ0n) is 9.13. The van der Waals surface area contributed by atoms with Crippen LogP contribution in [-0.2, 0) is 10.2 Å². The Hall–Kier alpha value is -0.170. The zero-order valence-corrected chi connectivity index (χ0v) is 9.95. The molecule has 6 heteroatoms. The zero-order chi connectivity index (χ0) is 11.2. The van der Waals surface area contributed by atoms with Crippen molar-refractivity contribution in [3.8, 4) is 0 Å². The van der Waals surface area contributed by atoms with Crippen molar-refractivity contribution in [2.24, 2.45) is 11.1 Å². The highest BCUT2D eigenvalue weighted by Crippen LogP contribution is 2.10. The van der Waals surface area contributed by atoms with Crippen LogP contribution in [0, 0.1) is 5.41 Å². The Morgan fingerprint density at radius 1 is 1.29 bits per heavy atom. The first-order valence-electron chi connectivity index (χ1n) is 4.77. The van der Waals surface area contributed by atoms with Gasteiger partial charge < -0.3 is 5.73 Å². The summed E-state index contributed by atoms with van der Waals surface area (Å²) in [6, 6.07) is 0. The predicted octanol–water partition coefficient (Wildman–Crippen LogP) is -0.195. The molecule has 0 aliphatic rings. The van der Waals surface area contributed by atoms with E-state index in [0.717, 1.165) is 6.42 Å². The largest absolute Gasteiger partial charge is 0.330 e. The Morgan fingerprint density at radius 2 is 1.86 bits per heavy atom. The van der Waals surface area contributed by atoms with Gasteiger partial charge in [-0.1, -0.05) is 20.8 Å². The summed E-state index contributed by atoms with van der Waals surface area (Å²) in [5.41, 5.74) is 5.27. The molecule has 86 valence electrons. The molecule has 0 heterocycles. The second-order valence-electron chi connectivity index (χ2n) is 4.09. The van der Waals surface area contributed by atoms with Gasteiger partial charge in [-0.2, -0.15) is 8.42 Å². The molecule has 0 bridgehead atoms. The monoisotopic (exact) mass is 223 g/mol. The van der Waals surface area contributed by atoms with Gasteiger partial charge in [-0.05, 0) is 18.4 Å². The van der Waals surface area contributed by atoms with Crippen LogP contribution in [0.25, 0.3) is 0 Å². The fourth-order valence-corrected chi connectivity index (χ4v) is 1.81. The third-order valence-electron chi connectivity index (χ3n) is 1.84. The van der Waals surface area contributed by atoms with E-state index in [9.17, 15) is 8.42 Å². The van der Waals surface area contributed by atoms with Crippen LogP contribution in [0.2, 0.25) is 0 Å². The van der Waals surface area contributed by atoms with Crippen molar-refractivity contribution < 1.29 is 8.42 Å². The highest BCUT2D eigenvalue weighted by Gasteiger charge is 2.18. The SMILES string of the molecule is CCCNS(=O)(=O)NCC(C)(C)CN. The molecule has 0 unspecified atom stereocenters. The highest BCUT2D eigenvalue weighted by molar-refractivity contribution is 7.87. The number of nitrogens with two attached hydrogens (primary N) is 1. The van der Waals surface area contributed by atoms with Gasteiger partial charge in [0.25, 0.3) is 10.2 Å². The van der Waals surface area contributed by atoms with E-state index in [1.807, 2.05) is 20.8 Å². The molecule has 0 amide bonds. The Morgan fingerprint density at radius 3 is 2.29 bits per heavy atom. The standard InChI is InChI=1S/C8H21N3O2S/c1-4-5-10-14(12,13)11-7-8(2,3)6-9/h10-11H,4-7,9H2,1-3H3. The average Bonchev–Trinajstić information content (AvgIpc) is 2.12. The van der Waals surface area contributed by atoms with E-state index in [-0.39, 0.29) is 5.41 Å². The van der Waals surface area contributed by atoms with Gasteiger partial charge in [0.2, 0.25) is 0 Å². The minimum atomic E-state index is -3.34. The molecule has 0 aliphatic carbocycles. The van der Waals surface area contributed by atoms with Gasteiger partial charge >= 0.3 is 0 Å². The average molecular weight is 223 g/mol. The molecule has 0 aromatic rings. The summed E-state index contributed by atoms with van der Waals surface area (Å²) >= 11 is 0. The molecule has 4 N–H and O–H groups in total. The van der Waals surface area contributed by atoms with E-state index in [2.05, 4.69) is 9.44 Å². The van der Waals surface area contributed by atoms with Crippen LogP contribution in [-0.4, -0.2) is 28.1 Å². The van der Waals surface area contributed by atoms with Crippen LogP contribution in [0.3, 0.4) is 0 Å². The van der Waals surface area contributed by atoms with Crippen molar-refractivity contribution in [2.45, 2.75) is 27.2 Å². The van der Waals surface area contributed by atoms with Crippen LogP contribution in [0.15, 0.2) is 0 Å². The van der Waals surface area contributed by atoms with Crippen LogP contribution < -0.4 is 15.2 Å². The van der Waals surface area contributed by atoms with Crippen molar-refractivity contribution in [1.82, 2.24) is 9.44 Å². The van der Waals surface area contributed by atoms with Crippen molar-refractivity contribution >= 4 is 10.2 Å². The summed E-state index contributed by atoms with van der Waals surface area (Å²) in [5, 5.41) is 0. The topological polar surface area (TPSA) is 84.2 Å². The molecule has 0 spiro atoms. The first-order chi connectivity index (χ1) is 6.33. The fourth-order valence-electron chi connectivity index (χ4n) is 0.650. The Labute approximate surface area is 86.6 Å². The maximum atomic E-state index is 11.3. The first-order valence-corrected chi connectivity index (χ1v) is 6.25. The summed E-state index contributed by atoms with van der Waals surface area (Å²) in [6.07, 6.45) is 0.779. The molecule has 0 fully saturated rings. The Balaban J connectivity index is 4.00. The second kappa shape index (κ2) is 5.65. The number of nitrogens with one attached hydrogen (secondary N) is 2. The molecule has 5 nitrogen and oxygen atoms in total. The van der Waals surface area contributed by atoms with E-state index in [0.29, 0.717) is 19.6 Å². The third kappa shape index (κ3) is 6.31. The summed E-state index contributed by atoms with van der Waals surface area (Å²) < 4.78 is 27.5. The predicted molar refractivity (Wildman–Crippen MR) is 58.1 cm³/mol. The van der Waals surface area contributed by atoms with Crippen molar-refractivity contribution in [3.05, 3.63) is 0 Å². The lowest BCUT2D eigenvalue weighted by atomic mass is 9.95. The van der Waals surface area contributed by atoms with Gasteiger partial charge in [0.15, 0.2) is 0 Å². The number of hydrogen-bond donors (Lipinski definition) is 3. The Bertz CT molecular complexity index is 249. The van der Waals surface area contributed by atoms with Crippen LogP contribution in [0.4, 0.5) is 0 Å². The van der Waals surface area contributed by atoms with Gasteiger partial charge in [0, 0.05) is 13.1 Å². The smallest absolute Gasteiger partial charge is 0.276 e. The summed E-state index contributed by atoms with van der Waals surface area (Å²) in [4.78, 5) is 0. The highest BCUT2D eigenvalue weighted by atomic mass is 32.2. The summed E-state index contributed by atoms with van der Waals surface area (Å²) in [6.45, 7) is 6.99. The van der Waals surface area contributed by atoms with Crippen molar-refractivity contribution in [2.75, 3.05) is 19.6 Å². The molecule has 0 rings (SSSR count). The van der Waals surface area contributed by atoms with Gasteiger partial charge in [-0.25, -0.2) is 9.44 Å². The molecule has 14 heavy (non-hydrogen) atoms. The van der Waals surface area contributed by atoms with Gasteiger partial charge in [-0.3, -0.25) is 0 Å². The molecule has 0 atom stereocenters. The first kappa shape index (κ1) is 13.8. The van der Waals surface area contributed by atoms with E-state index in [1.54, 1.807) is 0 Å². The summed E-state index contributed by atoms with van der Waals surface area (Å²) in [5.74, 6) is 0. The van der Waals surface area contributed by atoms with Gasteiger partial charge in [0.1, 0.15) is 0 Å². The molecular weight excluding hydrogens is 202 g/mol. The van der Waals surface area contributed by atoms with Crippen LogP contribution in [0.5, 0.6) is 0 Å². The number of hydrogen-bond acceptors (Lipinski definition) is 3. The van der Waals surface area contributed by atoms with E-state index < -0.39 is 10.2 Å². The number of rotatable bonds is 7. The van der Waals surface area contributed by atoms with Crippen molar-refractivity contribution in [1.29, 1.82) is 0 Å². The molecule has 0 radical (unpaired) electrons. The van der Waals surface area contributed by atoms with Crippen LogP contribution >= 0.6 is 0 Å². The molecule has 0 aromatic carbocycles. The maximum absolute atomic E-state index is 11.3. The second-order valence-corrected chi connectivity index (χ2v) is 5.67. The normalized spacial score (nSPS) is 13.1. The Kier molecular flexibility index (Phi) is 5.58. The fraction of sp³-hybridized carbons (Fsp3) is 1.00. The lowest BCUT2D eigenvalue weighted by Gasteiger charge is -2.22. The van der Waals surface area contributed by atoms with Gasteiger partial charge in [-0.15, -0.1) is 0 Å². The molecule has 0 aliphatic heterocycles. The molecule has 0 aromatic heterocycles. The minimum absolute atomic E-state index is 0.207. The van der Waals surface area contributed by atoms with E-state index >= 15 is 0 Å². The van der Waals surface area contributed by atoms with Gasteiger partial charge in [0.05, 0.1) is 0 Å². The lowest BCUT2D eigenvalue weighted by molar-refractivity contribution is 0.375. The van der Waals surface area contributed by atoms with E-state index in [1.165, 1.54) is 0 Å². The molecule has 0 saturated carbocycles.